The van der Waals surface area contributed by atoms with Gasteiger partial charge in [-0.05, 0) is 35.7 Å². The zero-order valence-electron chi connectivity index (χ0n) is 14.0. The lowest BCUT2D eigenvalue weighted by Gasteiger charge is -2.37. The first kappa shape index (κ1) is 16.5. The SMILES string of the molecule is CC(=O)Nc1ccc(C(=O)N2CC(c3nc(-c4ccsc4)no3)C2)cc1. The number of hydrogen-bond donors (Lipinski definition) is 1. The summed E-state index contributed by atoms with van der Waals surface area (Å²) < 4.78 is 5.34. The van der Waals surface area contributed by atoms with E-state index in [1.165, 1.54) is 6.92 Å². The minimum atomic E-state index is -0.143. The Labute approximate surface area is 153 Å². The second-order valence-electron chi connectivity index (χ2n) is 6.13. The second-order valence-corrected chi connectivity index (χ2v) is 6.91. The molecule has 2 amide bonds. The Morgan fingerprint density at radius 3 is 2.65 bits per heavy atom. The maximum atomic E-state index is 12.5. The molecule has 0 atom stereocenters. The first-order valence-corrected chi connectivity index (χ1v) is 9.07. The van der Waals surface area contributed by atoms with Crippen molar-refractivity contribution in [2.24, 2.45) is 0 Å². The van der Waals surface area contributed by atoms with Gasteiger partial charge in [0.25, 0.3) is 5.91 Å². The Morgan fingerprint density at radius 1 is 1.23 bits per heavy atom. The molecule has 0 unspecified atom stereocenters. The van der Waals surface area contributed by atoms with E-state index in [0.717, 1.165) is 5.56 Å². The highest BCUT2D eigenvalue weighted by Crippen LogP contribution is 2.29. The highest BCUT2D eigenvalue weighted by molar-refractivity contribution is 7.08. The van der Waals surface area contributed by atoms with Crippen LogP contribution < -0.4 is 5.32 Å². The first-order valence-electron chi connectivity index (χ1n) is 8.13. The third kappa shape index (κ3) is 3.23. The van der Waals surface area contributed by atoms with E-state index in [1.54, 1.807) is 40.5 Å². The van der Waals surface area contributed by atoms with Gasteiger partial charge in [-0.1, -0.05) is 5.16 Å². The quantitative estimate of drug-likeness (QED) is 0.765. The highest BCUT2D eigenvalue weighted by Gasteiger charge is 2.36. The van der Waals surface area contributed by atoms with Crippen molar-refractivity contribution in [3.63, 3.8) is 0 Å². The molecule has 1 aromatic carbocycles. The molecule has 0 aliphatic carbocycles. The predicted octanol–water partition coefficient (Wildman–Crippen LogP) is 3.00. The lowest BCUT2D eigenvalue weighted by molar-refractivity contribution is -0.114. The summed E-state index contributed by atoms with van der Waals surface area (Å²) in [5.74, 6) is 1.03. The number of nitrogens with zero attached hydrogens (tertiary/aromatic N) is 3. The van der Waals surface area contributed by atoms with Gasteiger partial charge in [0.05, 0.1) is 5.92 Å². The Bertz CT molecular complexity index is 928. The lowest BCUT2D eigenvalue weighted by Crippen LogP contribution is -2.48. The molecule has 1 N–H and O–H groups in total. The van der Waals surface area contributed by atoms with Gasteiger partial charge in [-0.25, -0.2) is 0 Å². The van der Waals surface area contributed by atoms with Crippen LogP contribution in [-0.2, 0) is 4.79 Å². The van der Waals surface area contributed by atoms with Gasteiger partial charge in [0.15, 0.2) is 0 Å². The minimum Gasteiger partial charge on any atom is -0.339 e. The number of carbonyl (C=O) groups is 2. The summed E-state index contributed by atoms with van der Waals surface area (Å²) in [4.78, 5) is 29.7. The Balaban J connectivity index is 1.37. The Hall–Kier alpha value is -3.00. The van der Waals surface area contributed by atoms with E-state index in [4.69, 9.17) is 4.52 Å². The summed E-state index contributed by atoms with van der Waals surface area (Å²) in [5, 5.41) is 10.6. The molecular weight excluding hydrogens is 352 g/mol. The summed E-state index contributed by atoms with van der Waals surface area (Å²) >= 11 is 1.58. The molecule has 1 saturated heterocycles. The van der Waals surface area contributed by atoms with E-state index in [0.29, 0.717) is 36.1 Å². The maximum Gasteiger partial charge on any atom is 0.253 e. The molecular formula is C18H16N4O3S. The molecule has 3 aromatic rings. The van der Waals surface area contributed by atoms with E-state index < -0.39 is 0 Å². The van der Waals surface area contributed by atoms with Crippen molar-refractivity contribution in [1.82, 2.24) is 15.0 Å². The Morgan fingerprint density at radius 2 is 2.00 bits per heavy atom. The number of amides is 2. The largest absolute Gasteiger partial charge is 0.339 e. The molecule has 1 aliphatic rings. The fourth-order valence-corrected chi connectivity index (χ4v) is 3.43. The van der Waals surface area contributed by atoms with Gasteiger partial charge < -0.3 is 14.7 Å². The van der Waals surface area contributed by atoms with Crippen LogP contribution in [0.25, 0.3) is 11.4 Å². The predicted molar refractivity (Wildman–Crippen MR) is 97.0 cm³/mol. The van der Waals surface area contributed by atoms with Gasteiger partial charge in [-0.15, -0.1) is 0 Å². The summed E-state index contributed by atoms with van der Waals surface area (Å²) in [6, 6.07) is 8.80. The van der Waals surface area contributed by atoms with Crippen molar-refractivity contribution in [3.8, 4) is 11.4 Å². The number of thiophene rings is 1. The van der Waals surface area contributed by atoms with E-state index >= 15 is 0 Å². The van der Waals surface area contributed by atoms with Crippen LogP contribution in [0.3, 0.4) is 0 Å². The van der Waals surface area contributed by atoms with Crippen LogP contribution in [0.1, 0.15) is 29.1 Å². The summed E-state index contributed by atoms with van der Waals surface area (Å²) in [7, 11) is 0. The molecule has 0 saturated carbocycles. The molecule has 0 radical (unpaired) electrons. The number of hydrogen-bond acceptors (Lipinski definition) is 6. The molecule has 2 aromatic heterocycles. The van der Waals surface area contributed by atoms with Crippen molar-refractivity contribution in [3.05, 3.63) is 52.5 Å². The van der Waals surface area contributed by atoms with Crippen LogP contribution in [0.4, 0.5) is 5.69 Å². The number of nitrogens with one attached hydrogen (secondary N) is 1. The topological polar surface area (TPSA) is 88.3 Å². The first-order chi connectivity index (χ1) is 12.6. The fourth-order valence-electron chi connectivity index (χ4n) is 2.79. The molecule has 3 heterocycles. The maximum absolute atomic E-state index is 12.5. The third-order valence-corrected chi connectivity index (χ3v) is 4.87. The summed E-state index contributed by atoms with van der Waals surface area (Å²) in [6.07, 6.45) is 0. The van der Waals surface area contributed by atoms with Crippen LogP contribution in [-0.4, -0.2) is 39.9 Å². The molecule has 1 aliphatic heterocycles. The van der Waals surface area contributed by atoms with Crippen LogP contribution in [0.15, 0.2) is 45.6 Å². The zero-order valence-corrected chi connectivity index (χ0v) is 14.8. The molecule has 8 heteroatoms. The molecule has 26 heavy (non-hydrogen) atoms. The smallest absolute Gasteiger partial charge is 0.253 e. The van der Waals surface area contributed by atoms with Crippen molar-refractivity contribution >= 4 is 28.8 Å². The fraction of sp³-hybridized carbons (Fsp3) is 0.222. The van der Waals surface area contributed by atoms with Gasteiger partial charge in [0.2, 0.25) is 17.6 Å². The zero-order chi connectivity index (χ0) is 18.1. The molecule has 4 rings (SSSR count). The normalized spacial score (nSPS) is 14.1. The van der Waals surface area contributed by atoms with Crippen molar-refractivity contribution in [2.75, 3.05) is 18.4 Å². The van der Waals surface area contributed by atoms with Gasteiger partial charge in [0, 0.05) is 42.2 Å². The second kappa shape index (κ2) is 6.72. The van der Waals surface area contributed by atoms with Crippen molar-refractivity contribution < 1.29 is 14.1 Å². The number of anilines is 1. The number of rotatable bonds is 4. The average molecular weight is 368 g/mol. The Kier molecular flexibility index (Phi) is 4.26. The van der Waals surface area contributed by atoms with E-state index in [2.05, 4.69) is 15.5 Å². The summed E-state index contributed by atoms with van der Waals surface area (Å²) in [5.41, 5.74) is 2.20. The molecule has 7 nitrogen and oxygen atoms in total. The van der Waals surface area contributed by atoms with Crippen molar-refractivity contribution in [1.29, 1.82) is 0 Å². The minimum absolute atomic E-state index is 0.0480. The number of likely N-dealkylation sites (tertiary alicyclic amines) is 1. The van der Waals surface area contributed by atoms with Gasteiger partial charge in [0.1, 0.15) is 0 Å². The van der Waals surface area contributed by atoms with Crippen LogP contribution >= 0.6 is 11.3 Å². The standard InChI is InChI=1S/C18H16N4O3S/c1-11(23)19-15-4-2-12(3-5-15)18(24)22-8-14(9-22)17-20-16(21-25-17)13-6-7-26-10-13/h2-7,10,14H,8-9H2,1H3,(H,19,23). The number of benzene rings is 1. The lowest BCUT2D eigenvalue weighted by atomic mass is 9.98. The van der Waals surface area contributed by atoms with Crippen LogP contribution in [0.2, 0.25) is 0 Å². The summed E-state index contributed by atoms with van der Waals surface area (Å²) in [6.45, 7) is 2.55. The molecule has 1 fully saturated rings. The van der Waals surface area contributed by atoms with E-state index in [9.17, 15) is 9.59 Å². The molecule has 132 valence electrons. The van der Waals surface area contributed by atoms with Crippen LogP contribution in [0.5, 0.6) is 0 Å². The number of aromatic nitrogens is 2. The van der Waals surface area contributed by atoms with E-state index in [1.807, 2.05) is 16.8 Å². The van der Waals surface area contributed by atoms with Crippen LogP contribution in [0, 0.1) is 0 Å². The molecule has 0 bridgehead atoms. The third-order valence-electron chi connectivity index (χ3n) is 4.19. The van der Waals surface area contributed by atoms with Gasteiger partial charge in [-0.3, -0.25) is 9.59 Å². The van der Waals surface area contributed by atoms with E-state index in [-0.39, 0.29) is 17.7 Å². The number of carbonyl (C=O) groups excluding carboxylic acids is 2. The highest BCUT2D eigenvalue weighted by atomic mass is 32.1. The monoisotopic (exact) mass is 368 g/mol. The molecule has 0 spiro atoms. The van der Waals surface area contributed by atoms with Gasteiger partial charge in [-0.2, -0.15) is 16.3 Å². The van der Waals surface area contributed by atoms with Gasteiger partial charge >= 0.3 is 0 Å². The average Bonchev–Trinajstić information content (AvgIpc) is 3.25. The van der Waals surface area contributed by atoms with Crippen molar-refractivity contribution in [2.45, 2.75) is 12.8 Å².